The molecule has 124 valence electrons. The fraction of sp³-hybridized carbons (Fsp3) is 0.211. The summed E-state index contributed by atoms with van der Waals surface area (Å²) in [6.45, 7) is 5.15. The first kappa shape index (κ1) is 15.9. The average Bonchev–Trinajstić information content (AvgIpc) is 2.89. The summed E-state index contributed by atoms with van der Waals surface area (Å²) in [5.41, 5.74) is 2.30. The van der Waals surface area contributed by atoms with Crippen molar-refractivity contribution >= 4 is 16.8 Å². The highest BCUT2D eigenvalue weighted by Gasteiger charge is 2.23. The number of carbonyl (C=O) groups is 1. The second-order valence-corrected chi connectivity index (χ2v) is 5.81. The lowest BCUT2D eigenvalue weighted by Crippen LogP contribution is -2.03. The predicted molar refractivity (Wildman–Crippen MR) is 90.2 cm³/mol. The number of hydrogen-bond acceptors (Lipinski definition) is 5. The summed E-state index contributed by atoms with van der Waals surface area (Å²) < 4.78 is 10.7. The molecule has 5 nitrogen and oxygen atoms in total. The van der Waals surface area contributed by atoms with E-state index in [0.717, 1.165) is 0 Å². The van der Waals surface area contributed by atoms with Gasteiger partial charge in [-0.05, 0) is 50.1 Å². The van der Waals surface area contributed by atoms with Crippen LogP contribution in [0.15, 0.2) is 28.7 Å². The van der Waals surface area contributed by atoms with Gasteiger partial charge in [0.2, 0.25) is 0 Å². The van der Waals surface area contributed by atoms with Crippen LogP contribution in [0.5, 0.6) is 17.2 Å². The van der Waals surface area contributed by atoms with Crippen molar-refractivity contribution < 1.29 is 24.2 Å². The largest absolute Gasteiger partial charge is 0.504 e. The molecule has 1 heterocycles. The van der Waals surface area contributed by atoms with Crippen LogP contribution in [-0.2, 0) is 0 Å². The average molecular weight is 326 g/mol. The van der Waals surface area contributed by atoms with E-state index < -0.39 is 0 Å². The number of furan rings is 1. The molecular weight excluding hydrogens is 308 g/mol. The maximum Gasteiger partial charge on any atom is 0.197 e. The lowest BCUT2D eigenvalue weighted by atomic mass is 9.98. The molecule has 0 aliphatic rings. The van der Waals surface area contributed by atoms with Gasteiger partial charge in [-0.25, -0.2) is 0 Å². The first-order valence-corrected chi connectivity index (χ1v) is 7.49. The molecule has 0 saturated heterocycles. The van der Waals surface area contributed by atoms with Gasteiger partial charge < -0.3 is 19.4 Å². The minimum atomic E-state index is -0.254. The lowest BCUT2D eigenvalue weighted by molar-refractivity contribution is 0.103. The number of hydrogen-bond donors (Lipinski definition) is 2. The summed E-state index contributed by atoms with van der Waals surface area (Å²) in [4.78, 5) is 13.0. The third-order valence-electron chi connectivity index (χ3n) is 4.18. The monoisotopic (exact) mass is 326 g/mol. The Morgan fingerprint density at radius 1 is 1.04 bits per heavy atom. The Balaban J connectivity index is 2.22. The van der Waals surface area contributed by atoms with Crippen LogP contribution in [-0.4, -0.2) is 23.1 Å². The third kappa shape index (κ3) is 2.29. The molecule has 0 bridgehead atoms. The van der Waals surface area contributed by atoms with E-state index in [2.05, 4.69) is 0 Å². The number of rotatable bonds is 3. The number of benzene rings is 2. The number of aromatic hydroxyl groups is 2. The van der Waals surface area contributed by atoms with Gasteiger partial charge >= 0.3 is 0 Å². The number of ketones is 1. The van der Waals surface area contributed by atoms with Gasteiger partial charge in [-0.15, -0.1) is 0 Å². The maximum atomic E-state index is 13.0. The highest BCUT2D eigenvalue weighted by Crippen LogP contribution is 2.37. The molecule has 0 amide bonds. The highest BCUT2D eigenvalue weighted by atomic mass is 16.5. The van der Waals surface area contributed by atoms with Crippen molar-refractivity contribution in [1.29, 1.82) is 0 Å². The number of aryl methyl sites for hydroxylation is 3. The zero-order chi connectivity index (χ0) is 17.6. The van der Waals surface area contributed by atoms with Gasteiger partial charge in [-0.2, -0.15) is 0 Å². The quantitative estimate of drug-likeness (QED) is 0.711. The van der Waals surface area contributed by atoms with Crippen LogP contribution < -0.4 is 4.74 Å². The summed E-state index contributed by atoms with van der Waals surface area (Å²) in [5.74, 6) is 0.462. The Labute approximate surface area is 139 Å². The molecule has 0 saturated carbocycles. The van der Waals surface area contributed by atoms with Crippen LogP contribution in [0.2, 0.25) is 0 Å². The van der Waals surface area contributed by atoms with Crippen molar-refractivity contribution in [3.8, 4) is 17.2 Å². The van der Waals surface area contributed by atoms with Crippen molar-refractivity contribution in [2.75, 3.05) is 7.11 Å². The van der Waals surface area contributed by atoms with E-state index in [9.17, 15) is 15.0 Å². The number of phenols is 2. The second-order valence-electron chi connectivity index (χ2n) is 5.81. The summed E-state index contributed by atoms with van der Waals surface area (Å²) in [6, 6.07) is 6.61. The SMILES string of the molecule is COc1cc(C(=O)c2c(C)oc3c(O)c(C)ccc23)cc(C)c1O. The van der Waals surface area contributed by atoms with Gasteiger partial charge in [-0.3, -0.25) is 4.79 Å². The van der Waals surface area contributed by atoms with E-state index in [1.807, 2.05) is 0 Å². The first-order valence-electron chi connectivity index (χ1n) is 7.49. The molecule has 3 aromatic rings. The number of phenolic OH excluding ortho intramolecular Hbond substituents is 2. The number of carbonyl (C=O) groups excluding carboxylic acids is 1. The Hall–Kier alpha value is -2.95. The summed E-state index contributed by atoms with van der Waals surface area (Å²) in [7, 11) is 1.43. The zero-order valence-corrected chi connectivity index (χ0v) is 13.9. The van der Waals surface area contributed by atoms with Gasteiger partial charge in [0, 0.05) is 10.9 Å². The molecule has 3 rings (SSSR count). The summed E-state index contributed by atoms with van der Waals surface area (Å²) >= 11 is 0. The Morgan fingerprint density at radius 3 is 2.42 bits per heavy atom. The van der Waals surface area contributed by atoms with Gasteiger partial charge in [0.15, 0.2) is 28.6 Å². The Bertz CT molecular complexity index is 966. The third-order valence-corrected chi connectivity index (χ3v) is 4.18. The molecule has 0 atom stereocenters. The number of fused-ring (bicyclic) bond motifs is 1. The van der Waals surface area contributed by atoms with E-state index in [1.54, 1.807) is 39.0 Å². The molecule has 0 radical (unpaired) electrons. The molecule has 0 spiro atoms. The highest BCUT2D eigenvalue weighted by molar-refractivity contribution is 6.17. The van der Waals surface area contributed by atoms with Crippen molar-refractivity contribution in [2.24, 2.45) is 0 Å². The molecule has 0 aliphatic carbocycles. The van der Waals surface area contributed by atoms with Gasteiger partial charge in [0.05, 0.1) is 12.7 Å². The molecule has 2 N–H and O–H groups in total. The van der Waals surface area contributed by atoms with Crippen LogP contribution in [0, 0.1) is 20.8 Å². The molecule has 5 heteroatoms. The fourth-order valence-electron chi connectivity index (χ4n) is 2.82. The molecule has 0 aliphatic heterocycles. The Kier molecular flexibility index (Phi) is 3.72. The van der Waals surface area contributed by atoms with Crippen LogP contribution >= 0.6 is 0 Å². The van der Waals surface area contributed by atoms with Crippen molar-refractivity contribution in [2.45, 2.75) is 20.8 Å². The van der Waals surface area contributed by atoms with Crippen molar-refractivity contribution in [3.05, 3.63) is 52.3 Å². The topological polar surface area (TPSA) is 79.9 Å². The van der Waals surface area contributed by atoms with E-state index >= 15 is 0 Å². The standard InChI is InChI=1S/C19H18O5/c1-9-5-6-13-15(11(3)24-19(13)17(9)21)18(22)12-7-10(2)16(20)14(8-12)23-4/h5-8,20-21H,1-4H3. The molecule has 2 aromatic carbocycles. The molecule has 24 heavy (non-hydrogen) atoms. The molecule has 0 unspecified atom stereocenters. The maximum absolute atomic E-state index is 13.0. The Morgan fingerprint density at radius 2 is 1.75 bits per heavy atom. The second kappa shape index (κ2) is 5.60. The normalized spacial score (nSPS) is 11.0. The zero-order valence-electron chi connectivity index (χ0n) is 13.9. The van der Waals surface area contributed by atoms with E-state index in [4.69, 9.17) is 9.15 Å². The molecular formula is C19H18O5. The van der Waals surface area contributed by atoms with Crippen molar-refractivity contribution in [1.82, 2.24) is 0 Å². The molecule has 1 aromatic heterocycles. The van der Waals surface area contributed by atoms with Crippen LogP contribution in [0.3, 0.4) is 0 Å². The predicted octanol–water partition coefficient (Wildman–Crippen LogP) is 4.01. The number of methoxy groups -OCH3 is 1. The van der Waals surface area contributed by atoms with Gasteiger partial charge in [0.1, 0.15) is 5.76 Å². The van der Waals surface area contributed by atoms with Crippen LogP contribution in [0.25, 0.3) is 11.0 Å². The fourth-order valence-corrected chi connectivity index (χ4v) is 2.82. The van der Waals surface area contributed by atoms with E-state index in [1.165, 1.54) is 13.2 Å². The summed E-state index contributed by atoms with van der Waals surface area (Å²) in [6.07, 6.45) is 0. The minimum Gasteiger partial charge on any atom is -0.504 e. The first-order chi connectivity index (χ1) is 11.3. The van der Waals surface area contributed by atoms with E-state index in [0.29, 0.717) is 39.0 Å². The lowest BCUT2D eigenvalue weighted by Gasteiger charge is -2.09. The van der Waals surface area contributed by atoms with Crippen molar-refractivity contribution in [3.63, 3.8) is 0 Å². The summed E-state index contributed by atoms with van der Waals surface area (Å²) in [5, 5.41) is 20.7. The van der Waals surface area contributed by atoms with Gasteiger partial charge in [-0.1, -0.05) is 6.07 Å². The smallest absolute Gasteiger partial charge is 0.197 e. The van der Waals surface area contributed by atoms with E-state index in [-0.39, 0.29) is 23.0 Å². The van der Waals surface area contributed by atoms with Gasteiger partial charge in [0.25, 0.3) is 0 Å². The van der Waals surface area contributed by atoms with Crippen LogP contribution in [0.4, 0.5) is 0 Å². The number of ether oxygens (including phenoxy) is 1. The van der Waals surface area contributed by atoms with Crippen LogP contribution in [0.1, 0.15) is 32.8 Å². The minimum absolute atomic E-state index is 0.0103. The molecule has 0 fully saturated rings.